The van der Waals surface area contributed by atoms with E-state index >= 15 is 0 Å². The lowest BCUT2D eigenvalue weighted by Crippen LogP contribution is -2.27. The first-order chi connectivity index (χ1) is 14.0. The fraction of sp³-hybridized carbons (Fsp3) is 0.0500. The molecule has 0 saturated heterocycles. The van der Waals surface area contributed by atoms with Crippen molar-refractivity contribution >= 4 is 11.6 Å². The Kier molecular flexibility index (Phi) is 4.70. The minimum Gasteiger partial charge on any atom is -0.319 e. The molecule has 1 N–H and O–H groups in total. The van der Waals surface area contributed by atoms with Crippen molar-refractivity contribution in [2.24, 2.45) is 0 Å². The van der Waals surface area contributed by atoms with Gasteiger partial charge in [-0.05, 0) is 31.2 Å². The van der Waals surface area contributed by atoms with Crippen LogP contribution in [-0.2, 0) is 0 Å². The number of rotatable bonds is 4. The standard InChI is InChI=1S/C20H15FN6O2/c1-13-10-17(28)19(25-27(13)16-5-3-2-4-15(16)21)20(29)24-14-6-7-18(23-11-14)26-9-8-22-12-26/h2-12H,1H3,(H,24,29). The van der Waals surface area contributed by atoms with Crippen molar-refractivity contribution < 1.29 is 9.18 Å². The van der Waals surface area contributed by atoms with Gasteiger partial charge >= 0.3 is 0 Å². The second-order valence-corrected chi connectivity index (χ2v) is 6.19. The van der Waals surface area contributed by atoms with Crippen molar-refractivity contribution in [3.05, 3.63) is 94.8 Å². The number of hydrogen-bond acceptors (Lipinski definition) is 5. The Morgan fingerprint density at radius 2 is 2.00 bits per heavy atom. The normalized spacial score (nSPS) is 10.7. The predicted octanol–water partition coefficient (Wildman–Crippen LogP) is 2.51. The van der Waals surface area contributed by atoms with Crippen LogP contribution < -0.4 is 10.7 Å². The van der Waals surface area contributed by atoms with Crippen LogP contribution in [0.3, 0.4) is 0 Å². The molecule has 4 aromatic rings. The highest BCUT2D eigenvalue weighted by Gasteiger charge is 2.17. The Bertz CT molecular complexity index is 1230. The smallest absolute Gasteiger partial charge is 0.280 e. The summed E-state index contributed by atoms with van der Waals surface area (Å²) < 4.78 is 17.1. The summed E-state index contributed by atoms with van der Waals surface area (Å²) in [7, 11) is 0. The summed E-state index contributed by atoms with van der Waals surface area (Å²) in [5.74, 6) is -0.606. The number of amides is 1. The van der Waals surface area contributed by atoms with Gasteiger partial charge in [-0.1, -0.05) is 12.1 Å². The van der Waals surface area contributed by atoms with E-state index in [4.69, 9.17) is 0 Å². The van der Waals surface area contributed by atoms with Crippen LogP contribution in [0.1, 0.15) is 16.2 Å². The van der Waals surface area contributed by atoms with E-state index in [9.17, 15) is 14.0 Å². The van der Waals surface area contributed by atoms with Gasteiger partial charge in [0.1, 0.15) is 23.6 Å². The summed E-state index contributed by atoms with van der Waals surface area (Å²) >= 11 is 0. The number of benzene rings is 1. The SMILES string of the molecule is Cc1cc(=O)c(C(=O)Nc2ccc(-n3ccnc3)nc2)nn1-c1ccccc1F. The maximum Gasteiger partial charge on any atom is 0.280 e. The van der Waals surface area contributed by atoms with E-state index in [1.165, 1.54) is 29.1 Å². The molecule has 0 aliphatic carbocycles. The number of imidazole rings is 1. The van der Waals surface area contributed by atoms with Crippen molar-refractivity contribution in [2.45, 2.75) is 6.92 Å². The highest BCUT2D eigenvalue weighted by molar-refractivity contribution is 6.02. The van der Waals surface area contributed by atoms with Gasteiger partial charge < -0.3 is 5.32 Å². The van der Waals surface area contributed by atoms with Gasteiger partial charge in [0.25, 0.3) is 5.91 Å². The van der Waals surface area contributed by atoms with E-state index in [0.717, 1.165) is 0 Å². The third-order valence-corrected chi connectivity index (χ3v) is 4.18. The molecular weight excluding hydrogens is 375 g/mol. The minimum absolute atomic E-state index is 0.144. The van der Waals surface area contributed by atoms with Gasteiger partial charge in [0.2, 0.25) is 5.43 Å². The minimum atomic E-state index is -0.711. The first-order valence-electron chi connectivity index (χ1n) is 8.64. The van der Waals surface area contributed by atoms with Crippen molar-refractivity contribution in [2.75, 3.05) is 5.32 Å². The highest BCUT2D eigenvalue weighted by Crippen LogP contribution is 2.14. The molecule has 4 rings (SSSR count). The molecule has 1 aromatic carbocycles. The topological polar surface area (TPSA) is 94.7 Å². The second kappa shape index (κ2) is 7.47. The molecule has 9 heteroatoms. The zero-order chi connectivity index (χ0) is 20.4. The average Bonchev–Trinajstić information content (AvgIpc) is 3.24. The summed E-state index contributed by atoms with van der Waals surface area (Å²) in [6.07, 6.45) is 6.42. The lowest BCUT2D eigenvalue weighted by Gasteiger charge is -2.12. The van der Waals surface area contributed by atoms with Crippen LogP contribution in [-0.4, -0.2) is 30.2 Å². The van der Waals surface area contributed by atoms with Crippen LogP contribution in [0.25, 0.3) is 11.5 Å². The summed E-state index contributed by atoms with van der Waals surface area (Å²) in [5.41, 5.74) is 0.0274. The number of aryl methyl sites for hydroxylation is 1. The van der Waals surface area contributed by atoms with E-state index in [1.54, 1.807) is 54.5 Å². The van der Waals surface area contributed by atoms with Crippen LogP contribution in [0, 0.1) is 12.7 Å². The monoisotopic (exact) mass is 390 g/mol. The molecule has 0 aliphatic rings. The number of carbonyl (C=O) groups excluding carboxylic acids is 1. The molecule has 0 aliphatic heterocycles. The lowest BCUT2D eigenvalue weighted by molar-refractivity contribution is 0.101. The molecule has 29 heavy (non-hydrogen) atoms. The predicted molar refractivity (Wildman–Crippen MR) is 104 cm³/mol. The number of pyridine rings is 1. The molecule has 0 fully saturated rings. The molecule has 144 valence electrons. The van der Waals surface area contributed by atoms with Crippen molar-refractivity contribution in [1.29, 1.82) is 0 Å². The molecule has 0 bridgehead atoms. The summed E-state index contributed by atoms with van der Waals surface area (Å²) in [5, 5.41) is 6.66. The number of halogens is 1. The largest absolute Gasteiger partial charge is 0.319 e. The van der Waals surface area contributed by atoms with Gasteiger partial charge in [0.15, 0.2) is 5.69 Å². The fourth-order valence-corrected chi connectivity index (χ4v) is 2.77. The first-order valence-corrected chi connectivity index (χ1v) is 8.64. The molecule has 0 spiro atoms. The Morgan fingerprint density at radius 3 is 2.69 bits per heavy atom. The molecule has 1 amide bonds. The maximum atomic E-state index is 14.1. The number of nitrogens with one attached hydrogen (secondary N) is 1. The molecular formula is C20H15FN6O2. The lowest BCUT2D eigenvalue weighted by atomic mass is 10.2. The van der Waals surface area contributed by atoms with Crippen LogP contribution in [0.5, 0.6) is 0 Å². The Hall–Kier alpha value is -4.14. The average molecular weight is 390 g/mol. The number of carbonyl (C=O) groups is 1. The molecule has 3 heterocycles. The first kappa shape index (κ1) is 18.2. The van der Waals surface area contributed by atoms with E-state index in [2.05, 4.69) is 20.4 Å². The van der Waals surface area contributed by atoms with Gasteiger partial charge in [-0.3, -0.25) is 14.2 Å². The molecule has 0 radical (unpaired) electrons. The van der Waals surface area contributed by atoms with E-state index in [-0.39, 0.29) is 11.4 Å². The van der Waals surface area contributed by atoms with E-state index < -0.39 is 17.2 Å². The van der Waals surface area contributed by atoms with Gasteiger partial charge in [0.05, 0.1) is 11.9 Å². The Balaban J connectivity index is 1.63. The molecule has 0 atom stereocenters. The maximum absolute atomic E-state index is 14.1. The zero-order valence-corrected chi connectivity index (χ0v) is 15.3. The van der Waals surface area contributed by atoms with Gasteiger partial charge in [-0.25, -0.2) is 19.0 Å². The van der Waals surface area contributed by atoms with Crippen LogP contribution >= 0.6 is 0 Å². The quantitative estimate of drug-likeness (QED) is 0.578. The van der Waals surface area contributed by atoms with Crippen LogP contribution in [0.2, 0.25) is 0 Å². The summed E-state index contributed by atoms with van der Waals surface area (Å²) in [4.78, 5) is 33.1. The van der Waals surface area contributed by atoms with Gasteiger partial charge in [-0.2, -0.15) is 5.10 Å². The van der Waals surface area contributed by atoms with Crippen LogP contribution in [0.15, 0.2) is 72.2 Å². The van der Waals surface area contributed by atoms with E-state index in [1.807, 2.05) is 0 Å². The van der Waals surface area contributed by atoms with E-state index in [0.29, 0.717) is 17.2 Å². The second-order valence-electron chi connectivity index (χ2n) is 6.19. The number of anilines is 1. The van der Waals surface area contributed by atoms with Crippen molar-refractivity contribution in [1.82, 2.24) is 24.3 Å². The zero-order valence-electron chi connectivity index (χ0n) is 15.3. The number of para-hydroxylation sites is 1. The number of hydrogen-bond donors (Lipinski definition) is 1. The fourth-order valence-electron chi connectivity index (χ4n) is 2.77. The third kappa shape index (κ3) is 3.65. The Labute approximate surface area is 164 Å². The molecule has 0 unspecified atom stereocenters. The van der Waals surface area contributed by atoms with Crippen LogP contribution in [0.4, 0.5) is 10.1 Å². The summed E-state index contributed by atoms with van der Waals surface area (Å²) in [6, 6.07) is 10.6. The van der Waals surface area contributed by atoms with Gasteiger partial charge in [-0.15, -0.1) is 0 Å². The number of nitrogens with zero attached hydrogens (tertiary/aromatic N) is 5. The highest BCUT2D eigenvalue weighted by atomic mass is 19.1. The van der Waals surface area contributed by atoms with Crippen molar-refractivity contribution in [3.8, 4) is 11.5 Å². The molecule has 0 saturated carbocycles. The number of aromatic nitrogens is 5. The molecule has 8 nitrogen and oxygen atoms in total. The van der Waals surface area contributed by atoms with Crippen molar-refractivity contribution in [3.63, 3.8) is 0 Å². The third-order valence-electron chi connectivity index (χ3n) is 4.18. The Morgan fingerprint density at radius 1 is 1.17 bits per heavy atom. The molecule has 3 aromatic heterocycles. The van der Waals surface area contributed by atoms with Gasteiger partial charge in [0, 0.05) is 24.2 Å². The summed E-state index contributed by atoms with van der Waals surface area (Å²) in [6.45, 7) is 1.61.